The number of benzene rings is 2. The number of anilines is 1. The van der Waals surface area contributed by atoms with Crippen LogP contribution in [0.5, 0.6) is 5.75 Å². The zero-order chi connectivity index (χ0) is 22.5. The molecule has 1 aliphatic heterocycles. The lowest BCUT2D eigenvalue weighted by Gasteiger charge is -2.26. The Bertz CT molecular complexity index is 1110. The first kappa shape index (κ1) is 21.8. The molecule has 0 saturated carbocycles. The maximum Gasteiger partial charge on any atom is 0.286 e. The number of likely N-dealkylation sites (tertiary alicyclic amines) is 1. The average Bonchev–Trinajstić information content (AvgIpc) is 3.30. The average molecular weight is 458 g/mol. The molecular formula is C22H20F2N4O3S. The van der Waals surface area contributed by atoms with Gasteiger partial charge >= 0.3 is 0 Å². The van der Waals surface area contributed by atoms with Crippen molar-refractivity contribution in [3.8, 4) is 5.75 Å². The molecular weight excluding hydrogens is 438 g/mol. The molecule has 1 saturated heterocycles. The Kier molecular flexibility index (Phi) is 6.69. The predicted octanol–water partition coefficient (Wildman–Crippen LogP) is 4.27. The number of rotatable bonds is 6. The summed E-state index contributed by atoms with van der Waals surface area (Å²) in [4.78, 5) is 26.6. The molecule has 3 aromatic rings. The van der Waals surface area contributed by atoms with Gasteiger partial charge < -0.3 is 15.0 Å². The van der Waals surface area contributed by atoms with Crippen molar-refractivity contribution in [3.63, 3.8) is 0 Å². The molecule has 0 spiro atoms. The van der Waals surface area contributed by atoms with Gasteiger partial charge in [-0.3, -0.25) is 9.59 Å². The summed E-state index contributed by atoms with van der Waals surface area (Å²) in [7, 11) is 0. The molecule has 0 aliphatic carbocycles. The van der Waals surface area contributed by atoms with Gasteiger partial charge in [0, 0.05) is 30.4 Å². The van der Waals surface area contributed by atoms with Crippen LogP contribution >= 0.6 is 11.3 Å². The van der Waals surface area contributed by atoms with Crippen LogP contribution < -0.4 is 10.1 Å². The molecule has 2 amide bonds. The number of carbonyl (C=O) groups is 2. The number of piperidine rings is 1. The Labute approximate surface area is 187 Å². The molecule has 32 heavy (non-hydrogen) atoms. The number of hydrogen-bond acceptors (Lipinski definition) is 6. The molecule has 0 bridgehead atoms. The summed E-state index contributed by atoms with van der Waals surface area (Å²) in [5, 5.41) is 10.7. The third kappa shape index (κ3) is 5.25. The molecule has 0 unspecified atom stereocenters. The normalized spacial score (nSPS) is 13.6. The van der Waals surface area contributed by atoms with Gasteiger partial charge in [0.25, 0.3) is 11.8 Å². The van der Waals surface area contributed by atoms with E-state index in [9.17, 15) is 18.4 Å². The highest BCUT2D eigenvalue weighted by atomic mass is 32.1. The number of hydrogen-bond donors (Lipinski definition) is 1. The van der Waals surface area contributed by atoms with E-state index in [-0.39, 0.29) is 23.2 Å². The smallest absolute Gasteiger partial charge is 0.286 e. The lowest BCUT2D eigenvalue weighted by molar-refractivity contribution is 0.0724. The number of nitrogens with one attached hydrogen (secondary N) is 1. The Morgan fingerprint density at radius 3 is 2.47 bits per heavy atom. The van der Waals surface area contributed by atoms with E-state index < -0.39 is 17.5 Å². The topological polar surface area (TPSA) is 84.4 Å². The lowest BCUT2D eigenvalue weighted by atomic mass is 10.1. The summed E-state index contributed by atoms with van der Waals surface area (Å²) in [6.07, 6.45) is 3.24. The summed E-state index contributed by atoms with van der Waals surface area (Å²) in [6.45, 7) is 1.68. The van der Waals surface area contributed by atoms with Crippen LogP contribution in [-0.2, 0) is 6.61 Å². The van der Waals surface area contributed by atoms with Crippen molar-refractivity contribution in [2.45, 2.75) is 25.9 Å². The molecule has 0 radical (unpaired) electrons. The molecule has 1 N–H and O–H groups in total. The number of halogens is 2. The van der Waals surface area contributed by atoms with Crippen LogP contribution in [0.4, 0.5) is 14.5 Å². The highest BCUT2D eigenvalue weighted by Crippen LogP contribution is 2.20. The largest absolute Gasteiger partial charge is 0.486 e. The van der Waals surface area contributed by atoms with E-state index >= 15 is 0 Å². The third-order valence-corrected chi connectivity index (χ3v) is 5.84. The van der Waals surface area contributed by atoms with E-state index in [0.717, 1.165) is 55.8 Å². The molecule has 2 heterocycles. The van der Waals surface area contributed by atoms with Crippen molar-refractivity contribution in [1.29, 1.82) is 0 Å². The van der Waals surface area contributed by atoms with Gasteiger partial charge in [0.2, 0.25) is 5.01 Å². The minimum absolute atomic E-state index is 0.0251. The van der Waals surface area contributed by atoms with Crippen molar-refractivity contribution in [2.75, 3.05) is 18.4 Å². The van der Waals surface area contributed by atoms with Crippen LogP contribution in [0.15, 0.2) is 42.5 Å². The zero-order valence-electron chi connectivity index (χ0n) is 17.0. The van der Waals surface area contributed by atoms with E-state index in [0.29, 0.717) is 16.3 Å². The minimum Gasteiger partial charge on any atom is -0.486 e. The van der Waals surface area contributed by atoms with Gasteiger partial charge in [-0.1, -0.05) is 11.3 Å². The predicted molar refractivity (Wildman–Crippen MR) is 115 cm³/mol. The second-order valence-corrected chi connectivity index (χ2v) is 8.31. The third-order valence-electron chi connectivity index (χ3n) is 4.95. The Morgan fingerprint density at radius 1 is 1.00 bits per heavy atom. The lowest BCUT2D eigenvalue weighted by Crippen LogP contribution is -2.35. The Morgan fingerprint density at radius 2 is 1.75 bits per heavy atom. The number of aromatic nitrogens is 2. The maximum absolute atomic E-state index is 13.3. The van der Waals surface area contributed by atoms with E-state index in [2.05, 4.69) is 15.5 Å². The van der Waals surface area contributed by atoms with E-state index in [4.69, 9.17) is 4.74 Å². The second kappa shape index (κ2) is 9.82. The molecule has 7 nitrogen and oxygen atoms in total. The summed E-state index contributed by atoms with van der Waals surface area (Å²) < 4.78 is 31.9. The van der Waals surface area contributed by atoms with Gasteiger partial charge in [-0.15, -0.1) is 10.2 Å². The summed E-state index contributed by atoms with van der Waals surface area (Å²) in [5.41, 5.74) is 0.729. The highest BCUT2D eigenvalue weighted by Gasteiger charge is 2.18. The Balaban J connectivity index is 1.31. The van der Waals surface area contributed by atoms with Crippen LogP contribution in [0, 0.1) is 11.6 Å². The fourth-order valence-electron chi connectivity index (χ4n) is 3.28. The molecule has 166 valence electrons. The maximum atomic E-state index is 13.3. The monoisotopic (exact) mass is 458 g/mol. The summed E-state index contributed by atoms with van der Waals surface area (Å²) in [6, 6.07) is 9.96. The van der Waals surface area contributed by atoms with Crippen LogP contribution in [0.3, 0.4) is 0 Å². The van der Waals surface area contributed by atoms with E-state index in [1.807, 2.05) is 4.90 Å². The fourth-order valence-corrected chi connectivity index (χ4v) is 3.93. The van der Waals surface area contributed by atoms with Crippen molar-refractivity contribution in [3.05, 3.63) is 69.7 Å². The van der Waals surface area contributed by atoms with Crippen LogP contribution in [-0.4, -0.2) is 40.0 Å². The Hall–Kier alpha value is -3.40. The van der Waals surface area contributed by atoms with Gasteiger partial charge in [0.05, 0.1) is 0 Å². The molecule has 4 rings (SSSR count). The molecule has 1 fully saturated rings. The van der Waals surface area contributed by atoms with Gasteiger partial charge in [0.1, 0.15) is 12.4 Å². The van der Waals surface area contributed by atoms with Crippen molar-refractivity contribution < 1.29 is 23.1 Å². The van der Waals surface area contributed by atoms with E-state index in [1.165, 1.54) is 6.07 Å². The number of carbonyl (C=O) groups excluding carboxylic acids is 2. The molecule has 1 aliphatic rings. The van der Waals surface area contributed by atoms with Gasteiger partial charge in [-0.05, 0) is 55.7 Å². The second-order valence-electron chi connectivity index (χ2n) is 7.25. The summed E-state index contributed by atoms with van der Waals surface area (Å²) >= 11 is 1.03. The molecule has 0 atom stereocenters. The minimum atomic E-state index is -1.06. The van der Waals surface area contributed by atoms with Gasteiger partial charge in [-0.2, -0.15) is 0 Å². The van der Waals surface area contributed by atoms with E-state index in [1.54, 1.807) is 24.3 Å². The van der Waals surface area contributed by atoms with Gasteiger partial charge in [0.15, 0.2) is 16.6 Å². The summed E-state index contributed by atoms with van der Waals surface area (Å²) in [5.74, 6) is -2.05. The first-order chi connectivity index (χ1) is 15.5. The first-order valence-electron chi connectivity index (χ1n) is 10.1. The van der Waals surface area contributed by atoms with Crippen LogP contribution in [0.2, 0.25) is 0 Å². The zero-order valence-corrected chi connectivity index (χ0v) is 17.8. The standard InChI is InChI=1S/C22H20F2N4O3S/c23-17-9-6-15(12-18(17)24)25-20(29)21-27-26-19(32-21)13-31-16-7-4-14(5-8-16)22(30)28-10-2-1-3-11-28/h4-9,12H,1-3,10-11,13H2,(H,25,29). The quantitative estimate of drug-likeness (QED) is 0.596. The molecule has 10 heteroatoms. The highest BCUT2D eigenvalue weighted by molar-refractivity contribution is 7.13. The molecule has 1 aromatic heterocycles. The van der Waals surface area contributed by atoms with Crippen molar-refractivity contribution in [2.24, 2.45) is 0 Å². The van der Waals surface area contributed by atoms with Crippen molar-refractivity contribution in [1.82, 2.24) is 15.1 Å². The SMILES string of the molecule is O=C(Nc1ccc(F)c(F)c1)c1nnc(COc2ccc(C(=O)N3CCCCC3)cc2)s1. The number of nitrogens with zero attached hydrogens (tertiary/aromatic N) is 3. The van der Waals surface area contributed by atoms with Crippen LogP contribution in [0.1, 0.15) is 44.4 Å². The van der Waals surface area contributed by atoms with Crippen LogP contribution in [0.25, 0.3) is 0 Å². The molecule has 2 aromatic carbocycles. The number of ether oxygens (including phenoxy) is 1. The first-order valence-corrected chi connectivity index (χ1v) is 10.9. The fraction of sp³-hybridized carbons (Fsp3) is 0.273. The number of amides is 2. The van der Waals surface area contributed by atoms with Gasteiger partial charge in [-0.25, -0.2) is 8.78 Å². The van der Waals surface area contributed by atoms with Crippen molar-refractivity contribution >= 4 is 28.8 Å².